The predicted octanol–water partition coefficient (Wildman–Crippen LogP) is 1.99. The summed E-state index contributed by atoms with van der Waals surface area (Å²) in [7, 11) is 0. The molecule has 19 heavy (non-hydrogen) atoms. The molecule has 1 amide bonds. The Kier molecular flexibility index (Phi) is 3.03. The Balaban J connectivity index is 1.99. The Morgan fingerprint density at radius 3 is 2.63 bits per heavy atom. The number of benzene rings is 1. The van der Waals surface area contributed by atoms with Crippen molar-refractivity contribution in [2.75, 3.05) is 13.1 Å². The number of aromatic amines is 1. The van der Waals surface area contributed by atoms with Crippen LogP contribution in [-0.4, -0.2) is 41.0 Å². The zero-order chi connectivity index (χ0) is 13.4. The summed E-state index contributed by atoms with van der Waals surface area (Å²) >= 11 is 0. The molecule has 0 aliphatic carbocycles. The fourth-order valence-electron chi connectivity index (χ4n) is 2.92. The van der Waals surface area contributed by atoms with Crippen molar-refractivity contribution < 1.29 is 4.79 Å². The van der Waals surface area contributed by atoms with Crippen molar-refractivity contribution in [2.24, 2.45) is 0 Å². The van der Waals surface area contributed by atoms with Crippen molar-refractivity contribution >= 4 is 16.8 Å². The molecule has 0 saturated carbocycles. The van der Waals surface area contributed by atoms with Crippen LogP contribution in [0.4, 0.5) is 0 Å². The maximum absolute atomic E-state index is 12.8. The summed E-state index contributed by atoms with van der Waals surface area (Å²) in [4.78, 5) is 17.9. The Bertz CT molecular complexity index is 594. The van der Waals surface area contributed by atoms with E-state index in [1.807, 2.05) is 35.4 Å². The van der Waals surface area contributed by atoms with Gasteiger partial charge in [-0.05, 0) is 19.9 Å². The van der Waals surface area contributed by atoms with Crippen LogP contribution >= 0.6 is 0 Å². The number of rotatable bonds is 1. The highest BCUT2D eigenvalue weighted by Gasteiger charge is 2.30. The molecular formula is C15H19N3O. The highest BCUT2D eigenvalue weighted by molar-refractivity contribution is 6.06. The second-order valence-corrected chi connectivity index (χ2v) is 5.32. The highest BCUT2D eigenvalue weighted by atomic mass is 16.2. The van der Waals surface area contributed by atoms with Crippen molar-refractivity contribution in [3.8, 4) is 0 Å². The van der Waals surface area contributed by atoms with Crippen LogP contribution in [0.25, 0.3) is 10.9 Å². The number of aromatic nitrogens is 1. The second-order valence-electron chi connectivity index (χ2n) is 5.32. The lowest BCUT2D eigenvalue weighted by molar-refractivity contribution is 0.0546. The number of carbonyl (C=O) groups is 1. The molecule has 2 heterocycles. The van der Waals surface area contributed by atoms with Crippen LogP contribution in [0.1, 0.15) is 24.2 Å². The molecule has 0 bridgehead atoms. The minimum Gasteiger partial charge on any atom is -0.360 e. The van der Waals surface area contributed by atoms with Crippen LogP contribution in [0, 0.1) is 0 Å². The van der Waals surface area contributed by atoms with E-state index in [4.69, 9.17) is 0 Å². The maximum atomic E-state index is 12.8. The van der Waals surface area contributed by atoms with Gasteiger partial charge < -0.3 is 15.2 Å². The zero-order valence-corrected chi connectivity index (χ0v) is 11.3. The normalized spacial score (nSPS) is 23.8. The first-order valence-corrected chi connectivity index (χ1v) is 6.78. The van der Waals surface area contributed by atoms with Crippen molar-refractivity contribution in [1.29, 1.82) is 0 Å². The topological polar surface area (TPSA) is 48.1 Å². The lowest BCUT2D eigenvalue weighted by Gasteiger charge is -2.39. The summed E-state index contributed by atoms with van der Waals surface area (Å²) in [6.07, 6.45) is 1.83. The molecule has 4 heteroatoms. The smallest absolute Gasteiger partial charge is 0.256 e. The summed E-state index contributed by atoms with van der Waals surface area (Å²) in [5.74, 6) is 0.124. The molecule has 2 unspecified atom stereocenters. The molecule has 1 aromatic heterocycles. The molecular weight excluding hydrogens is 238 g/mol. The van der Waals surface area contributed by atoms with Gasteiger partial charge in [0.25, 0.3) is 5.91 Å². The Labute approximate surface area is 112 Å². The average molecular weight is 257 g/mol. The van der Waals surface area contributed by atoms with Gasteiger partial charge in [0.2, 0.25) is 0 Å². The average Bonchev–Trinajstić information content (AvgIpc) is 2.82. The number of amides is 1. The summed E-state index contributed by atoms with van der Waals surface area (Å²) in [5, 5.41) is 4.35. The van der Waals surface area contributed by atoms with Gasteiger partial charge in [-0.1, -0.05) is 18.2 Å². The van der Waals surface area contributed by atoms with Gasteiger partial charge in [-0.3, -0.25) is 4.79 Å². The molecule has 4 nitrogen and oxygen atoms in total. The molecule has 1 aliphatic rings. The molecule has 0 spiro atoms. The first-order valence-electron chi connectivity index (χ1n) is 6.78. The molecule has 0 radical (unpaired) electrons. The Hall–Kier alpha value is -1.81. The number of nitrogens with zero attached hydrogens (tertiary/aromatic N) is 1. The summed E-state index contributed by atoms with van der Waals surface area (Å²) in [5.41, 5.74) is 1.79. The molecule has 3 rings (SSSR count). The molecule has 100 valence electrons. The van der Waals surface area contributed by atoms with Crippen molar-refractivity contribution in [1.82, 2.24) is 15.2 Å². The summed E-state index contributed by atoms with van der Waals surface area (Å²) < 4.78 is 0. The first kappa shape index (κ1) is 12.2. The zero-order valence-electron chi connectivity index (χ0n) is 11.3. The van der Waals surface area contributed by atoms with E-state index in [-0.39, 0.29) is 18.0 Å². The number of hydrogen-bond donors (Lipinski definition) is 2. The van der Waals surface area contributed by atoms with E-state index in [1.165, 1.54) is 0 Å². The van der Waals surface area contributed by atoms with E-state index in [0.29, 0.717) is 0 Å². The van der Waals surface area contributed by atoms with E-state index in [2.05, 4.69) is 24.1 Å². The third-order valence-electron chi connectivity index (χ3n) is 3.88. The van der Waals surface area contributed by atoms with Crippen molar-refractivity contribution in [2.45, 2.75) is 25.9 Å². The standard InChI is InChI=1S/C15H19N3O/c1-10-7-16-8-11(2)18(10)15(19)13-9-17-14-6-4-3-5-12(13)14/h3-6,9-11,16-17H,7-8H2,1-2H3. The van der Waals surface area contributed by atoms with Crippen LogP contribution in [0.15, 0.2) is 30.5 Å². The number of para-hydroxylation sites is 1. The van der Waals surface area contributed by atoms with Gasteiger partial charge in [0.1, 0.15) is 0 Å². The van der Waals surface area contributed by atoms with E-state index in [1.54, 1.807) is 0 Å². The number of carbonyl (C=O) groups excluding carboxylic acids is 1. The molecule has 1 aliphatic heterocycles. The van der Waals surface area contributed by atoms with Gasteiger partial charge >= 0.3 is 0 Å². The van der Waals surface area contributed by atoms with Crippen LogP contribution in [0.3, 0.4) is 0 Å². The lowest BCUT2D eigenvalue weighted by atomic mass is 10.1. The van der Waals surface area contributed by atoms with Crippen LogP contribution in [-0.2, 0) is 0 Å². The first-order chi connectivity index (χ1) is 9.18. The van der Waals surface area contributed by atoms with Crippen molar-refractivity contribution in [3.63, 3.8) is 0 Å². The number of fused-ring (bicyclic) bond motifs is 1. The van der Waals surface area contributed by atoms with Crippen LogP contribution in [0.5, 0.6) is 0 Å². The van der Waals surface area contributed by atoms with E-state index < -0.39 is 0 Å². The van der Waals surface area contributed by atoms with Crippen LogP contribution < -0.4 is 5.32 Å². The predicted molar refractivity (Wildman–Crippen MR) is 76.3 cm³/mol. The number of H-pyrrole nitrogens is 1. The Morgan fingerprint density at radius 1 is 1.21 bits per heavy atom. The summed E-state index contributed by atoms with van der Waals surface area (Å²) in [6, 6.07) is 8.39. The Morgan fingerprint density at radius 2 is 1.89 bits per heavy atom. The lowest BCUT2D eigenvalue weighted by Crippen LogP contribution is -2.57. The summed E-state index contributed by atoms with van der Waals surface area (Å²) in [6.45, 7) is 5.90. The van der Waals surface area contributed by atoms with Crippen LogP contribution in [0.2, 0.25) is 0 Å². The quantitative estimate of drug-likeness (QED) is 0.821. The highest BCUT2D eigenvalue weighted by Crippen LogP contribution is 2.22. The fourth-order valence-corrected chi connectivity index (χ4v) is 2.92. The SMILES string of the molecule is CC1CNCC(C)N1C(=O)c1c[nH]c2ccccc12. The van der Waals surface area contributed by atoms with Gasteiger partial charge in [0.05, 0.1) is 5.56 Å². The molecule has 2 N–H and O–H groups in total. The molecule has 1 fully saturated rings. The van der Waals surface area contributed by atoms with Crippen molar-refractivity contribution in [3.05, 3.63) is 36.0 Å². The van der Waals surface area contributed by atoms with Gasteiger partial charge in [-0.2, -0.15) is 0 Å². The van der Waals surface area contributed by atoms with Gasteiger partial charge in [-0.15, -0.1) is 0 Å². The third kappa shape index (κ3) is 2.02. The van der Waals surface area contributed by atoms with Gasteiger partial charge in [0.15, 0.2) is 0 Å². The van der Waals surface area contributed by atoms with Gasteiger partial charge in [-0.25, -0.2) is 0 Å². The molecule has 1 saturated heterocycles. The number of piperazine rings is 1. The third-order valence-corrected chi connectivity index (χ3v) is 3.88. The largest absolute Gasteiger partial charge is 0.360 e. The second kappa shape index (κ2) is 4.70. The molecule has 2 atom stereocenters. The molecule has 2 aromatic rings. The molecule has 1 aromatic carbocycles. The number of nitrogens with one attached hydrogen (secondary N) is 2. The monoisotopic (exact) mass is 257 g/mol. The van der Waals surface area contributed by atoms with Gasteiger partial charge in [0, 0.05) is 42.3 Å². The maximum Gasteiger partial charge on any atom is 0.256 e. The minimum absolute atomic E-state index is 0.124. The number of hydrogen-bond acceptors (Lipinski definition) is 2. The minimum atomic E-state index is 0.124. The van der Waals surface area contributed by atoms with E-state index in [9.17, 15) is 4.79 Å². The van der Waals surface area contributed by atoms with E-state index in [0.717, 1.165) is 29.6 Å². The van der Waals surface area contributed by atoms with E-state index >= 15 is 0 Å². The fraction of sp³-hybridized carbons (Fsp3) is 0.400.